The average Bonchev–Trinajstić information content (AvgIpc) is 2.73. The highest BCUT2D eigenvalue weighted by Gasteiger charge is 2.14. The van der Waals surface area contributed by atoms with Crippen molar-refractivity contribution in [1.29, 1.82) is 0 Å². The lowest BCUT2D eigenvalue weighted by atomic mass is 9.89. The predicted molar refractivity (Wildman–Crippen MR) is 110 cm³/mol. The fraction of sp³-hybridized carbons (Fsp3) is 0.409. The van der Waals surface area contributed by atoms with Crippen LogP contribution in [0.2, 0.25) is 0 Å². The van der Waals surface area contributed by atoms with Crippen LogP contribution < -0.4 is 15.4 Å². The van der Waals surface area contributed by atoms with Crippen LogP contribution in [0.15, 0.2) is 47.5 Å². The third-order valence-corrected chi connectivity index (χ3v) is 5.09. The van der Waals surface area contributed by atoms with Crippen molar-refractivity contribution in [2.45, 2.75) is 38.6 Å². The zero-order valence-corrected chi connectivity index (χ0v) is 16.2. The van der Waals surface area contributed by atoms with E-state index in [1.807, 2.05) is 24.3 Å². The number of phenolic OH excluding ortho intramolecular Hbond substituents is 1. The summed E-state index contributed by atoms with van der Waals surface area (Å²) in [7, 11) is 1.63. The van der Waals surface area contributed by atoms with Gasteiger partial charge < -0.3 is 20.5 Å². The minimum Gasteiger partial charge on any atom is -0.506 e. The number of ether oxygens (including phenoxy) is 1. The summed E-state index contributed by atoms with van der Waals surface area (Å²) in [5.74, 6) is 1.44. The highest BCUT2D eigenvalue weighted by molar-refractivity contribution is 5.94. The Kier molecular flexibility index (Phi) is 7.12. The molecule has 0 aromatic heterocycles. The normalized spacial score (nSPS) is 15.3. The molecular formula is C22H28FN3O2. The Morgan fingerprint density at radius 3 is 2.75 bits per heavy atom. The van der Waals surface area contributed by atoms with Crippen LogP contribution in [0.1, 0.15) is 37.7 Å². The summed E-state index contributed by atoms with van der Waals surface area (Å²) in [5.41, 5.74) is 1.24. The number of nitrogens with one attached hydrogen (secondary N) is 2. The molecule has 28 heavy (non-hydrogen) atoms. The highest BCUT2D eigenvalue weighted by Crippen LogP contribution is 2.25. The Bertz CT molecular complexity index is 804. The fourth-order valence-electron chi connectivity index (χ4n) is 3.51. The number of para-hydroxylation sites is 1. The van der Waals surface area contributed by atoms with Crippen molar-refractivity contribution in [3.63, 3.8) is 0 Å². The molecule has 5 nitrogen and oxygen atoms in total. The Morgan fingerprint density at radius 1 is 1.18 bits per heavy atom. The number of hydrogen-bond donors (Lipinski definition) is 3. The van der Waals surface area contributed by atoms with Crippen molar-refractivity contribution >= 4 is 11.6 Å². The van der Waals surface area contributed by atoms with Gasteiger partial charge in [0.15, 0.2) is 5.96 Å². The smallest absolute Gasteiger partial charge is 0.196 e. The monoisotopic (exact) mass is 385 g/mol. The maximum absolute atomic E-state index is 13.6. The van der Waals surface area contributed by atoms with Crippen molar-refractivity contribution in [2.75, 3.05) is 19.0 Å². The predicted octanol–water partition coefficient (Wildman–Crippen LogP) is 4.68. The second-order valence-electron chi connectivity index (χ2n) is 7.15. The number of halogens is 1. The molecule has 1 saturated carbocycles. The Labute approximate surface area is 165 Å². The number of anilines is 1. The number of guanidine groups is 1. The van der Waals surface area contributed by atoms with Gasteiger partial charge in [-0.2, -0.15) is 0 Å². The van der Waals surface area contributed by atoms with Gasteiger partial charge in [0.1, 0.15) is 17.3 Å². The molecule has 1 aliphatic rings. The van der Waals surface area contributed by atoms with E-state index in [0.717, 1.165) is 17.9 Å². The van der Waals surface area contributed by atoms with Crippen LogP contribution in [0.25, 0.3) is 0 Å². The van der Waals surface area contributed by atoms with E-state index in [2.05, 4.69) is 15.6 Å². The van der Waals surface area contributed by atoms with Crippen molar-refractivity contribution in [3.8, 4) is 11.5 Å². The van der Waals surface area contributed by atoms with Gasteiger partial charge in [-0.3, -0.25) is 0 Å². The molecule has 3 N–H and O–H groups in total. The number of aliphatic imine (C=N–C) groups is 1. The van der Waals surface area contributed by atoms with Crippen LogP contribution in [0.5, 0.6) is 11.5 Å². The van der Waals surface area contributed by atoms with Gasteiger partial charge in [0.05, 0.1) is 19.3 Å². The maximum Gasteiger partial charge on any atom is 0.196 e. The van der Waals surface area contributed by atoms with Crippen molar-refractivity contribution in [1.82, 2.24) is 5.32 Å². The summed E-state index contributed by atoms with van der Waals surface area (Å²) in [6, 6.07) is 11.5. The molecule has 0 amide bonds. The molecule has 6 heteroatoms. The topological polar surface area (TPSA) is 65.9 Å². The van der Waals surface area contributed by atoms with E-state index in [9.17, 15) is 9.50 Å². The molecule has 1 fully saturated rings. The highest BCUT2D eigenvalue weighted by atomic mass is 19.1. The van der Waals surface area contributed by atoms with Crippen LogP contribution >= 0.6 is 0 Å². The number of hydrogen-bond acceptors (Lipinski definition) is 3. The first-order chi connectivity index (χ1) is 13.7. The van der Waals surface area contributed by atoms with Gasteiger partial charge in [-0.1, -0.05) is 37.5 Å². The van der Waals surface area contributed by atoms with Gasteiger partial charge in [0.25, 0.3) is 0 Å². The van der Waals surface area contributed by atoms with E-state index < -0.39 is 5.82 Å². The summed E-state index contributed by atoms with van der Waals surface area (Å²) in [6.45, 7) is 1.20. The number of phenols is 1. The number of nitrogens with zero attached hydrogens (tertiary/aromatic N) is 1. The lowest BCUT2D eigenvalue weighted by Crippen LogP contribution is -2.35. The van der Waals surface area contributed by atoms with Crippen LogP contribution in [0.4, 0.5) is 10.1 Å². The summed E-state index contributed by atoms with van der Waals surface area (Å²) < 4.78 is 19.0. The zero-order chi connectivity index (χ0) is 19.8. The van der Waals surface area contributed by atoms with E-state index >= 15 is 0 Å². The first-order valence-electron chi connectivity index (χ1n) is 9.81. The minimum atomic E-state index is -0.420. The van der Waals surface area contributed by atoms with Gasteiger partial charge in [0, 0.05) is 18.2 Å². The molecule has 0 saturated heterocycles. The van der Waals surface area contributed by atoms with E-state index in [-0.39, 0.29) is 11.4 Å². The Balaban J connectivity index is 1.75. The van der Waals surface area contributed by atoms with Crippen LogP contribution in [0.3, 0.4) is 0 Å². The number of aromatic hydroxyl groups is 1. The van der Waals surface area contributed by atoms with Gasteiger partial charge >= 0.3 is 0 Å². The summed E-state index contributed by atoms with van der Waals surface area (Å²) >= 11 is 0. The molecule has 0 spiro atoms. The fourth-order valence-corrected chi connectivity index (χ4v) is 3.51. The minimum absolute atomic E-state index is 0.0224. The number of benzene rings is 2. The molecule has 0 unspecified atom stereocenters. The molecular weight excluding hydrogens is 357 g/mol. The lowest BCUT2D eigenvalue weighted by Gasteiger charge is -2.23. The van der Waals surface area contributed by atoms with E-state index in [1.165, 1.54) is 50.3 Å². The largest absolute Gasteiger partial charge is 0.506 e. The molecule has 2 aromatic carbocycles. The Hall–Kier alpha value is -2.76. The molecule has 0 radical (unpaired) electrons. The standard InChI is InChI=1S/C22H28FN3O2/c1-28-21-10-6-5-9-17(21)15-25-22(24-14-16-7-3-2-4-8-16)26-19-13-18(23)11-12-20(19)27/h5-6,9-13,16,27H,2-4,7-8,14-15H2,1H3,(H2,24,25,26). The van der Waals surface area contributed by atoms with Crippen LogP contribution in [-0.4, -0.2) is 24.7 Å². The maximum atomic E-state index is 13.6. The average molecular weight is 385 g/mol. The first kappa shape index (κ1) is 20.0. The summed E-state index contributed by atoms with van der Waals surface area (Å²) in [6.07, 6.45) is 6.24. The van der Waals surface area contributed by atoms with Gasteiger partial charge in [0.2, 0.25) is 0 Å². The molecule has 0 bridgehead atoms. The number of rotatable bonds is 6. The van der Waals surface area contributed by atoms with E-state index in [4.69, 9.17) is 4.74 Å². The molecule has 0 aliphatic heterocycles. The second-order valence-corrected chi connectivity index (χ2v) is 7.15. The second kappa shape index (κ2) is 9.97. The molecule has 150 valence electrons. The van der Waals surface area contributed by atoms with E-state index in [0.29, 0.717) is 18.4 Å². The molecule has 2 aromatic rings. The zero-order valence-electron chi connectivity index (χ0n) is 16.2. The lowest BCUT2D eigenvalue weighted by molar-refractivity contribution is 0.356. The van der Waals surface area contributed by atoms with Crippen LogP contribution in [0, 0.1) is 11.7 Å². The van der Waals surface area contributed by atoms with Crippen molar-refractivity contribution in [3.05, 3.63) is 53.8 Å². The van der Waals surface area contributed by atoms with Crippen LogP contribution in [-0.2, 0) is 6.54 Å². The third-order valence-electron chi connectivity index (χ3n) is 5.09. The van der Waals surface area contributed by atoms with Gasteiger partial charge in [-0.25, -0.2) is 9.38 Å². The van der Waals surface area contributed by atoms with Gasteiger partial charge in [-0.15, -0.1) is 0 Å². The quantitative estimate of drug-likeness (QED) is 0.384. The summed E-state index contributed by atoms with van der Waals surface area (Å²) in [5, 5.41) is 16.4. The Morgan fingerprint density at radius 2 is 1.96 bits per heavy atom. The molecule has 0 atom stereocenters. The molecule has 3 rings (SSSR count). The van der Waals surface area contributed by atoms with Gasteiger partial charge in [-0.05, 0) is 37.0 Å². The van der Waals surface area contributed by atoms with Crippen molar-refractivity contribution in [2.24, 2.45) is 10.9 Å². The number of methoxy groups -OCH3 is 1. The first-order valence-corrected chi connectivity index (χ1v) is 9.81. The SMILES string of the molecule is COc1ccccc1CN=C(NCC1CCCCC1)Nc1cc(F)ccc1O. The summed E-state index contributed by atoms with van der Waals surface area (Å²) in [4.78, 5) is 4.63. The third kappa shape index (κ3) is 5.62. The molecule has 1 aliphatic carbocycles. The van der Waals surface area contributed by atoms with E-state index in [1.54, 1.807) is 7.11 Å². The van der Waals surface area contributed by atoms with Crippen molar-refractivity contribution < 1.29 is 14.2 Å². The molecule has 0 heterocycles.